The second kappa shape index (κ2) is 5.73. The van der Waals surface area contributed by atoms with Crippen molar-refractivity contribution >= 4 is 28.7 Å². The van der Waals surface area contributed by atoms with Gasteiger partial charge in [-0.25, -0.2) is 4.79 Å². The number of carbonyl (C=O) groups excluding carboxylic acids is 1. The van der Waals surface area contributed by atoms with Crippen LogP contribution in [0.5, 0.6) is 0 Å². The van der Waals surface area contributed by atoms with Gasteiger partial charge in [0.25, 0.3) is 0 Å². The highest BCUT2D eigenvalue weighted by atomic mass is 127. The van der Waals surface area contributed by atoms with Crippen molar-refractivity contribution in [2.24, 2.45) is 0 Å². The summed E-state index contributed by atoms with van der Waals surface area (Å²) in [5.74, 6) is 0. The smallest absolute Gasteiger partial charge is 0.410 e. The van der Waals surface area contributed by atoms with E-state index >= 15 is 0 Å². The van der Waals surface area contributed by atoms with Gasteiger partial charge in [0.1, 0.15) is 5.60 Å². The molecule has 1 heterocycles. The maximum Gasteiger partial charge on any atom is 0.410 e. The number of alkyl halides is 1. The fourth-order valence-electron chi connectivity index (χ4n) is 1.82. The molecule has 0 N–H and O–H groups in total. The molecule has 17 heavy (non-hydrogen) atoms. The summed E-state index contributed by atoms with van der Waals surface area (Å²) in [7, 11) is 1.75. The van der Waals surface area contributed by atoms with Crippen molar-refractivity contribution in [2.75, 3.05) is 24.6 Å². The number of halogens is 1. The van der Waals surface area contributed by atoms with E-state index in [0.29, 0.717) is 13.1 Å². The number of amides is 1. The van der Waals surface area contributed by atoms with Gasteiger partial charge in [0, 0.05) is 24.6 Å². The van der Waals surface area contributed by atoms with Crippen LogP contribution in [0.15, 0.2) is 0 Å². The van der Waals surface area contributed by atoms with E-state index in [-0.39, 0.29) is 11.7 Å². The summed E-state index contributed by atoms with van der Waals surface area (Å²) in [6.45, 7) is 7.09. The van der Waals surface area contributed by atoms with E-state index < -0.39 is 5.60 Å². The summed E-state index contributed by atoms with van der Waals surface area (Å²) in [5, 5.41) is 0. The summed E-state index contributed by atoms with van der Waals surface area (Å²) in [6, 6.07) is 0. The molecule has 0 spiro atoms. The van der Waals surface area contributed by atoms with E-state index in [0.717, 1.165) is 17.3 Å². The highest BCUT2D eigenvalue weighted by molar-refractivity contribution is 14.1. The van der Waals surface area contributed by atoms with Gasteiger partial charge in [0.15, 0.2) is 0 Å². The molecule has 0 radical (unpaired) electrons. The molecular formula is C12H22INO3. The number of rotatable bonds is 2. The van der Waals surface area contributed by atoms with Crippen molar-refractivity contribution in [3.8, 4) is 0 Å². The largest absolute Gasteiger partial charge is 0.444 e. The van der Waals surface area contributed by atoms with Crippen LogP contribution in [0, 0.1) is 0 Å². The molecule has 1 fully saturated rings. The lowest BCUT2D eigenvalue weighted by atomic mass is 9.93. The molecule has 0 unspecified atom stereocenters. The van der Waals surface area contributed by atoms with Gasteiger partial charge in [-0.2, -0.15) is 0 Å². The lowest BCUT2D eigenvalue weighted by Crippen LogP contribution is -2.49. The molecule has 0 saturated carbocycles. The zero-order chi connectivity index (χ0) is 13.1. The lowest BCUT2D eigenvalue weighted by molar-refractivity contribution is -0.0430. The van der Waals surface area contributed by atoms with Crippen LogP contribution in [-0.2, 0) is 9.47 Å². The highest BCUT2D eigenvalue weighted by Gasteiger charge is 2.36. The van der Waals surface area contributed by atoms with Crippen LogP contribution in [0.25, 0.3) is 0 Å². The third kappa shape index (κ3) is 4.28. The quantitative estimate of drug-likeness (QED) is 0.565. The van der Waals surface area contributed by atoms with E-state index in [2.05, 4.69) is 22.6 Å². The van der Waals surface area contributed by atoms with Crippen LogP contribution >= 0.6 is 22.6 Å². The van der Waals surface area contributed by atoms with Gasteiger partial charge < -0.3 is 14.4 Å². The monoisotopic (exact) mass is 355 g/mol. The number of methoxy groups -OCH3 is 1. The predicted octanol–water partition coefficient (Wildman–Crippen LogP) is 2.84. The van der Waals surface area contributed by atoms with E-state index in [1.54, 1.807) is 12.0 Å². The summed E-state index contributed by atoms with van der Waals surface area (Å²) < 4.78 is 11.9. The number of hydrogen-bond acceptors (Lipinski definition) is 3. The lowest BCUT2D eigenvalue weighted by Gasteiger charge is -2.40. The second-order valence-electron chi connectivity index (χ2n) is 5.49. The zero-order valence-electron chi connectivity index (χ0n) is 11.1. The van der Waals surface area contributed by atoms with E-state index in [9.17, 15) is 4.79 Å². The Morgan fingerprint density at radius 2 is 1.88 bits per heavy atom. The first-order valence-electron chi connectivity index (χ1n) is 5.91. The van der Waals surface area contributed by atoms with Crippen molar-refractivity contribution in [2.45, 2.75) is 44.8 Å². The minimum absolute atomic E-state index is 0.0565. The van der Waals surface area contributed by atoms with Gasteiger partial charge in [0.05, 0.1) is 5.60 Å². The highest BCUT2D eigenvalue weighted by Crippen LogP contribution is 2.28. The second-order valence-corrected chi connectivity index (χ2v) is 6.25. The normalized spacial score (nSPS) is 20.2. The molecule has 5 heteroatoms. The van der Waals surface area contributed by atoms with Crippen LogP contribution < -0.4 is 0 Å². The SMILES string of the molecule is COC1(CI)CCN(C(=O)OC(C)(C)C)CC1. The molecular weight excluding hydrogens is 333 g/mol. The van der Waals surface area contributed by atoms with E-state index in [1.165, 1.54) is 0 Å². The zero-order valence-corrected chi connectivity index (χ0v) is 13.2. The summed E-state index contributed by atoms with van der Waals surface area (Å²) in [5.41, 5.74) is -0.477. The molecule has 0 atom stereocenters. The molecule has 0 aromatic heterocycles. The molecule has 1 amide bonds. The average molecular weight is 355 g/mol. The van der Waals surface area contributed by atoms with Gasteiger partial charge in [0.2, 0.25) is 0 Å². The van der Waals surface area contributed by atoms with Crippen LogP contribution in [0.1, 0.15) is 33.6 Å². The molecule has 1 saturated heterocycles. The van der Waals surface area contributed by atoms with Crippen molar-refractivity contribution in [3.63, 3.8) is 0 Å². The Kier molecular flexibility index (Phi) is 5.07. The average Bonchev–Trinajstić information content (AvgIpc) is 2.27. The van der Waals surface area contributed by atoms with Crippen LogP contribution in [0.3, 0.4) is 0 Å². The number of hydrogen-bond donors (Lipinski definition) is 0. The Hall–Kier alpha value is -0.0400. The number of ether oxygens (including phenoxy) is 2. The van der Waals surface area contributed by atoms with Gasteiger partial charge >= 0.3 is 6.09 Å². The van der Waals surface area contributed by atoms with E-state index in [1.807, 2.05) is 20.8 Å². The number of piperidine rings is 1. The first-order valence-corrected chi connectivity index (χ1v) is 7.43. The fraction of sp³-hybridized carbons (Fsp3) is 0.917. The van der Waals surface area contributed by atoms with Crippen molar-refractivity contribution in [3.05, 3.63) is 0 Å². The van der Waals surface area contributed by atoms with Gasteiger partial charge in [-0.1, -0.05) is 22.6 Å². The summed E-state index contributed by atoms with van der Waals surface area (Å²) in [6.07, 6.45) is 1.55. The molecule has 100 valence electrons. The molecule has 1 aliphatic rings. The maximum atomic E-state index is 11.9. The first kappa shape index (κ1) is 15.0. The minimum Gasteiger partial charge on any atom is -0.444 e. The maximum absolute atomic E-state index is 11.9. The molecule has 0 aromatic rings. The van der Waals surface area contributed by atoms with E-state index in [4.69, 9.17) is 9.47 Å². The Labute approximate surface area is 117 Å². The Balaban J connectivity index is 2.49. The van der Waals surface area contributed by atoms with Crippen molar-refractivity contribution < 1.29 is 14.3 Å². The summed E-state index contributed by atoms with van der Waals surface area (Å²) in [4.78, 5) is 13.6. The molecule has 0 aromatic carbocycles. The standard InChI is InChI=1S/C12H22INO3/c1-11(2,3)17-10(15)14-7-5-12(9-13,16-4)6-8-14/h5-9H2,1-4H3. The van der Waals surface area contributed by atoms with Gasteiger partial charge in [-0.15, -0.1) is 0 Å². The Morgan fingerprint density at radius 3 is 2.24 bits per heavy atom. The first-order chi connectivity index (χ1) is 7.82. The third-order valence-electron chi connectivity index (χ3n) is 3.00. The molecule has 0 aliphatic carbocycles. The van der Waals surface area contributed by atoms with Gasteiger partial charge in [-0.05, 0) is 33.6 Å². The summed E-state index contributed by atoms with van der Waals surface area (Å²) >= 11 is 2.35. The molecule has 0 bridgehead atoms. The van der Waals surface area contributed by atoms with Crippen LogP contribution in [0.4, 0.5) is 4.79 Å². The molecule has 1 aliphatic heterocycles. The predicted molar refractivity (Wildman–Crippen MR) is 75.7 cm³/mol. The number of carbonyl (C=O) groups is 1. The molecule has 1 rings (SSSR count). The van der Waals surface area contributed by atoms with Crippen molar-refractivity contribution in [1.29, 1.82) is 0 Å². The van der Waals surface area contributed by atoms with Crippen molar-refractivity contribution in [1.82, 2.24) is 4.90 Å². The molecule has 4 nitrogen and oxygen atoms in total. The third-order valence-corrected chi connectivity index (χ3v) is 4.39. The van der Waals surface area contributed by atoms with Crippen LogP contribution in [0.2, 0.25) is 0 Å². The number of likely N-dealkylation sites (tertiary alicyclic amines) is 1. The fourth-order valence-corrected chi connectivity index (χ4v) is 2.89. The number of nitrogens with zero attached hydrogens (tertiary/aromatic N) is 1. The Bertz CT molecular complexity index is 261. The topological polar surface area (TPSA) is 38.8 Å². The van der Waals surface area contributed by atoms with Crippen LogP contribution in [-0.4, -0.2) is 46.8 Å². The Morgan fingerprint density at radius 1 is 1.35 bits per heavy atom. The van der Waals surface area contributed by atoms with Gasteiger partial charge in [-0.3, -0.25) is 0 Å². The minimum atomic E-state index is -0.420.